The number of likely N-dealkylation sites (tertiary alicyclic amines) is 1. The molecule has 1 saturated carbocycles. The van der Waals surface area contributed by atoms with E-state index in [1.54, 1.807) is 6.20 Å². The van der Waals surface area contributed by atoms with Crippen LogP contribution in [0.3, 0.4) is 0 Å². The number of ether oxygens (including phenoxy) is 1. The van der Waals surface area contributed by atoms with Gasteiger partial charge in [-0.2, -0.15) is 0 Å². The van der Waals surface area contributed by atoms with Crippen LogP contribution in [-0.2, 0) is 9.53 Å². The van der Waals surface area contributed by atoms with Crippen molar-refractivity contribution in [2.45, 2.75) is 71.4 Å². The lowest BCUT2D eigenvalue weighted by Crippen LogP contribution is -2.58. The maximum Gasteiger partial charge on any atom is 0.417 e. The normalized spacial score (nSPS) is 32.4. The molecule has 0 aromatic carbocycles. The van der Waals surface area contributed by atoms with E-state index in [0.29, 0.717) is 18.3 Å². The number of piperidine rings is 1. The summed E-state index contributed by atoms with van der Waals surface area (Å²) < 4.78 is 5.57. The molecule has 0 radical (unpaired) electrons. The van der Waals surface area contributed by atoms with Crippen LogP contribution in [0.1, 0.15) is 65.4 Å². The number of carbonyl (C=O) groups excluding carboxylic acids is 2. The van der Waals surface area contributed by atoms with Crippen LogP contribution in [0.4, 0.5) is 4.79 Å². The predicted octanol–water partition coefficient (Wildman–Crippen LogP) is 4.83. The summed E-state index contributed by atoms with van der Waals surface area (Å²) in [4.78, 5) is 31.2. The summed E-state index contributed by atoms with van der Waals surface area (Å²) in [5.41, 5.74) is 2.05. The first kappa shape index (κ1) is 19.2. The minimum atomic E-state index is -0.601. The quantitative estimate of drug-likeness (QED) is 0.698. The van der Waals surface area contributed by atoms with E-state index in [1.165, 1.54) is 16.0 Å². The molecule has 0 N–H and O–H groups in total. The van der Waals surface area contributed by atoms with Crippen molar-refractivity contribution in [2.24, 2.45) is 17.3 Å². The third-order valence-corrected chi connectivity index (χ3v) is 6.83. The van der Waals surface area contributed by atoms with Crippen LogP contribution in [0.15, 0.2) is 30.6 Å². The van der Waals surface area contributed by atoms with E-state index < -0.39 is 11.7 Å². The van der Waals surface area contributed by atoms with E-state index in [1.807, 2.05) is 33.0 Å². The van der Waals surface area contributed by atoms with Gasteiger partial charge in [0.05, 0.1) is 0 Å². The number of aromatic nitrogens is 1. The fraction of sp³-hybridized carbons (Fsp3) is 0.609. The van der Waals surface area contributed by atoms with Gasteiger partial charge >= 0.3 is 6.09 Å². The standard InChI is InChI=1S/C23H30N2O3/c1-22(2,3)28-21(27)25-19-11-12-23(4)17(15-6-5-13-24-14-15)8-9-18(23)16(19)7-10-20(25)26/h5-6,8,13-14,16,18-19H,7,9-12H2,1-4H3/t16-,18-,19-,23+/m0/s1. The Morgan fingerprint density at radius 3 is 2.79 bits per heavy atom. The highest BCUT2D eigenvalue weighted by molar-refractivity contribution is 5.93. The Kier molecular flexibility index (Phi) is 4.59. The summed E-state index contributed by atoms with van der Waals surface area (Å²) >= 11 is 0. The van der Waals surface area contributed by atoms with E-state index in [4.69, 9.17) is 4.74 Å². The Morgan fingerprint density at radius 1 is 1.32 bits per heavy atom. The highest BCUT2D eigenvalue weighted by Gasteiger charge is 2.55. The predicted molar refractivity (Wildman–Crippen MR) is 107 cm³/mol. The van der Waals surface area contributed by atoms with E-state index in [9.17, 15) is 9.59 Å². The molecule has 0 bridgehead atoms. The van der Waals surface area contributed by atoms with Gasteiger partial charge in [-0.15, -0.1) is 0 Å². The molecule has 4 rings (SSSR count). The molecule has 2 aliphatic carbocycles. The number of imide groups is 1. The summed E-state index contributed by atoms with van der Waals surface area (Å²) in [7, 11) is 0. The third kappa shape index (κ3) is 3.15. The topological polar surface area (TPSA) is 59.5 Å². The molecule has 3 aliphatic rings. The fourth-order valence-corrected chi connectivity index (χ4v) is 5.66. The molecule has 5 nitrogen and oxygen atoms in total. The summed E-state index contributed by atoms with van der Waals surface area (Å²) in [6, 6.07) is 4.08. The van der Waals surface area contributed by atoms with Crippen molar-refractivity contribution in [1.29, 1.82) is 0 Å². The Labute approximate surface area is 167 Å². The number of hydrogen-bond acceptors (Lipinski definition) is 4. The van der Waals surface area contributed by atoms with Gasteiger partial charge in [-0.05, 0) is 80.9 Å². The van der Waals surface area contributed by atoms with Gasteiger partial charge in [-0.3, -0.25) is 9.78 Å². The zero-order valence-corrected chi connectivity index (χ0v) is 17.3. The second-order valence-electron chi connectivity index (χ2n) is 9.67. The number of carbonyl (C=O) groups is 2. The minimum Gasteiger partial charge on any atom is -0.443 e. The summed E-state index contributed by atoms with van der Waals surface area (Å²) in [6.07, 6.45) is 9.72. The lowest BCUT2D eigenvalue weighted by Gasteiger charge is -2.52. The zero-order valence-electron chi connectivity index (χ0n) is 17.3. The average Bonchev–Trinajstić information content (AvgIpc) is 2.98. The minimum absolute atomic E-state index is 0.0455. The van der Waals surface area contributed by atoms with Gasteiger partial charge in [0, 0.05) is 24.9 Å². The monoisotopic (exact) mass is 382 g/mol. The van der Waals surface area contributed by atoms with Crippen molar-refractivity contribution < 1.29 is 14.3 Å². The largest absolute Gasteiger partial charge is 0.443 e. The van der Waals surface area contributed by atoms with Gasteiger partial charge in [0.15, 0.2) is 0 Å². The van der Waals surface area contributed by atoms with Crippen LogP contribution in [0.25, 0.3) is 5.57 Å². The van der Waals surface area contributed by atoms with Crippen LogP contribution < -0.4 is 0 Å². The molecule has 1 aliphatic heterocycles. The number of amides is 2. The van der Waals surface area contributed by atoms with E-state index in [2.05, 4.69) is 24.1 Å². The van der Waals surface area contributed by atoms with Crippen LogP contribution in [-0.4, -0.2) is 33.5 Å². The van der Waals surface area contributed by atoms with Gasteiger partial charge < -0.3 is 4.74 Å². The lowest BCUT2D eigenvalue weighted by atomic mass is 9.57. The molecule has 4 atom stereocenters. The number of hydrogen-bond donors (Lipinski definition) is 0. The Bertz CT molecular complexity index is 811. The highest BCUT2D eigenvalue weighted by Crippen LogP contribution is 2.60. The molecule has 1 aromatic heterocycles. The smallest absolute Gasteiger partial charge is 0.417 e. The molecule has 150 valence electrons. The second-order valence-corrected chi connectivity index (χ2v) is 9.67. The third-order valence-electron chi connectivity index (χ3n) is 6.83. The maximum absolute atomic E-state index is 12.8. The van der Waals surface area contributed by atoms with Gasteiger partial charge in [0.25, 0.3) is 0 Å². The van der Waals surface area contributed by atoms with Gasteiger partial charge in [0.1, 0.15) is 5.60 Å². The molecule has 1 aromatic rings. The first-order valence-corrected chi connectivity index (χ1v) is 10.4. The Morgan fingerprint density at radius 2 is 2.11 bits per heavy atom. The van der Waals surface area contributed by atoms with Crippen LogP contribution >= 0.6 is 0 Å². The summed E-state index contributed by atoms with van der Waals surface area (Å²) in [5.74, 6) is 0.687. The molecular weight excluding hydrogens is 352 g/mol. The number of fused-ring (bicyclic) bond motifs is 3. The number of pyridine rings is 1. The molecule has 2 amide bonds. The molecule has 0 spiro atoms. The van der Waals surface area contributed by atoms with Gasteiger partial charge in [-0.25, -0.2) is 9.69 Å². The molecule has 5 heteroatoms. The number of nitrogens with zero attached hydrogens (tertiary/aromatic N) is 2. The summed E-state index contributed by atoms with van der Waals surface area (Å²) in [6.45, 7) is 7.88. The van der Waals surface area contributed by atoms with Crippen LogP contribution in [0, 0.1) is 17.3 Å². The SMILES string of the molecule is CC(C)(C)OC(=O)N1C(=O)CC[C@@H]2[C@@H]1CC[C@]1(C)C(c3cccnc3)=CC[C@@H]21. The second kappa shape index (κ2) is 6.71. The lowest BCUT2D eigenvalue weighted by molar-refractivity contribution is -0.141. The van der Waals surface area contributed by atoms with Crippen LogP contribution in [0.2, 0.25) is 0 Å². The van der Waals surface area contributed by atoms with Crippen molar-refractivity contribution in [3.8, 4) is 0 Å². The first-order chi connectivity index (χ1) is 13.2. The molecule has 2 heterocycles. The Balaban J connectivity index is 1.60. The van der Waals surface area contributed by atoms with Crippen molar-refractivity contribution in [3.05, 3.63) is 36.2 Å². The Hall–Kier alpha value is -2.17. The summed E-state index contributed by atoms with van der Waals surface area (Å²) in [5, 5.41) is 0. The molecule has 28 heavy (non-hydrogen) atoms. The average molecular weight is 383 g/mol. The van der Waals surface area contributed by atoms with Crippen LogP contribution in [0.5, 0.6) is 0 Å². The van der Waals surface area contributed by atoms with Crippen molar-refractivity contribution in [1.82, 2.24) is 9.88 Å². The maximum atomic E-state index is 12.8. The van der Waals surface area contributed by atoms with Crippen molar-refractivity contribution in [2.75, 3.05) is 0 Å². The van der Waals surface area contributed by atoms with Crippen molar-refractivity contribution in [3.63, 3.8) is 0 Å². The molecular formula is C23H30N2O3. The van der Waals surface area contributed by atoms with Crippen molar-refractivity contribution >= 4 is 17.6 Å². The number of allylic oxidation sites excluding steroid dienone is 2. The molecule has 0 unspecified atom stereocenters. The fourth-order valence-electron chi connectivity index (χ4n) is 5.66. The van der Waals surface area contributed by atoms with E-state index in [-0.39, 0.29) is 17.4 Å². The number of rotatable bonds is 1. The molecule has 2 fully saturated rings. The van der Waals surface area contributed by atoms with E-state index in [0.717, 1.165) is 25.7 Å². The van der Waals surface area contributed by atoms with Gasteiger partial charge in [0.2, 0.25) is 5.91 Å². The molecule has 1 saturated heterocycles. The van der Waals surface area contributed by atoms with E-state index >= 15 is 0 Å². The zero-order chi connectivity index (χ0) is 20.1. The first-order valence-electron chi connectivity index (χ1n) is 10.4. The van der Waals surface area contributed by atoms with Gasteiger partial charge in [-0.1, -0.05) is 19.1 Å². The highest BCUT2D eigenvalue weighted by atomic mass is 16.6.